The van der Waals surface area contributed by atoms with Crippen molar-refractivity contribution in [3.63, 3.8) is 0 Å². The molecule has 2 N–H and O–H groups in total. The maximum Gasteiger partial charge on any atom is 0.387 e. The number of carbonyl (C=O) groups excluding carboxylic acids is 1. The van der Waals surface area contributed by atoms with E-state index < -0.39 is 24.9 Å². The van der Waals surface area contributed by atoms with Crippen molar-refractivity contribution in [3.05, 3.63) is 34.9 Å². The molecule has 1 amide bonds. The Morgan fingerprint density at radius 2 is 2.13 bits per heavy atom. The van der Waals surface area contributed by atoms with E-state index in [1.54, 1.807) is 0 Å². The molecule has 124 valence electrons. The van der Waals surface area contributed by atoms with Gasteiger partial charge in [0.1, 0.15) is 17.1 Å². The van der Waals surface area contributed by atoms with Crippen LogP contribution < -0.4 is 15.2 Å². The largest absolute Gasteiger partial charge is 0.482 e. The second kappa shape index (κ2) is 6.78. The number of nitrogens with zero attached hydrogens (tertiary/aromatic N) is 2. The van der Waals surface area contributed by atoms with Crippen LogP contribution in [0.5, 0.6) is 11.5 Å². The number of hydrogen-bond donors (Lipinski definition) is 1. The Hall–Kier alpha value is -2.42. The normalized spacial score (nSPS) is 10.9. The Morgan fingerprint density at radius 3 is 2.74 bits per heavy atom. The molecule has 0 fully saturated rings. The van der Waals surface area contributed by atoms with E-state index in [1.165, 1.54) is 13.0 Å². The SMILES string of the molecule is Cc1nn(-c2cc(OCC(N)=O)c(Cl)cc2F)cc1OC(F)F. The number of ether oxygens (including phenoxy) is 2. The predicted octanol–water partition coefficient (Wildman–Crippen LogP) is 2.44. The third-order valence-electron chi connectivity index (χ3n) is 2.69. The van der Waals surface area contributed by atoms with Crippen LogP contribution in [-0.4, -0.2) is 28.9 Å². The Balaban J connectivity index is 2.38. The second-order valence-corrected chi connectivity index (χ2v) is 4.80. The molecule has 0 bridgehead atoms. The van der Waals surface area contributed by atoms with E-state index in [4.69, 9.17) is 22.1 Å². The number of benzene rings is 1. The summed E-state index contributed by atoms with van der Waals surface area (Å²) in [5.74, 6) is -1.72. The summed E-state index contributed by atoms with van der Waals surface area (Å²) in [6.07, 6.45) is 1.09. The number of primary amides is 1. The van der Waals surface area contributed by atoms with Gasteiger partial charge >= 0.3 is 6.61 Å². The molecule has 1 aromatic carbocycles. The van der Waals surface area contributed by atoms with Gasteiger partial charge in [0.2, 0.25) is 0 Å². The molecule has 1 heterocycles. The number of hydrogen-bond acceptors (Lipinski definition) is 4. The lowest BCUT2D eigenvalue weighted by atomic mass is 10.3. The molecule has 0 unspecified atom stereocenters. The van der Waals surface area contributed by atoms with Crippen molar-refractivity contribution in [2.75, 3.05) is 6.61 Å². The van der Waals surface area contributed by atoms with Crippen LogP contribution >= 0.6 is 11.6 Å². The monoisotopic (exact) mass is 349 g/mol. The zero-order valence-corrected chi connectivity index (χ0v) is 12.5. The number of aryl methyl sites for hydroxylation is 1. The van der Waals surface area contributed by atoms with Crippen molar-refractivity contribution in [3.8, 4) is 17.2 Å². The van der Waals surface area contributed by atoms with E-state index in [0.29, 0.717) is 0 Å². The number of alkyl halides is 2. The van der Waals surface area contributed by atoms with Crippen molar-refractivity contribution in [2.24, 2.45) is 5.73 Å². The summed E-state index contributed by atoms with van der Waals surface area (Å²) >= 11 is 5.81. The van der Waals surface area contributed by atoms with Crippen LogP contribution in [0.15, 0.2) is 18.3 Å². The van der Waals surface area contributed by atoms with Gasteiger partial charge in [-0.25, -0.2) is 9.07 Å². The molecule has 2 rings (SSSR count). The highest BCUT2D eigenvalue weighted by molar-refractivity contribution is 6.32. The number of rotatable bonds is 6. The summed E-state index contributed by atoms with van der Waals surface area (Å²) in [5.41, 5.74) is 4.97. The molecule has 0 aliphatic heterocycles. The van der Waals surface area contributed by atoms with Crippen LogP contribution in [0.25, 0.3) is 5.69 Å². The van der Waals surface area contributed by atoms with Crippen molar-refractivity contribution in [2.45, 2.75) is 13.5 Å². The highest BCUT2D eigenvalue weighted by atomic mass is 35.5. The summed E-state index contributed by atoms with van der Waals surface area (Å²) in [6, 6.07) is 2.11. The Bertz CT molecular complexity index is 737. The summed E-state index contributed by atoms with van der Waals surface area (Å²) < 4.78 is 48.9. The molecule has 0 radical (unpaired) electrons. The van der Waals surface area contributed by atoms with E-state index in [2.05, 4.69) is 9.84 Å². The number of halogens is 4. The van der Waals surface area contributed by atoms with Gasteiger partial charge in [-0.05, 0) is 13.0 Å². The van der Waals surface area contributed by atoms with E-state index in [0.717, 1.165) is 16.9 Å². The topological polar surface area (TPSA) is 79.4 Å². The van der Waals surface area contributed by atoms with Gasteiger partial charge in [0, 0.05) is 6.07 Å². The number of carbonyl (C=O) groups is 1. The molecule has 1 aromatic heterocycles. The number of aromatic nitrogens is 2. The van der Waals surface area contributed by atoms with Gasteiger partial charge in [-0.2, -0.15) is 13.9 Å². The standard InChI is InChI=1S/C13H11ClF3N3O3/c1-6-11(23-13(16)17)4-20(19-6)9-3-10(22-5-12(18)21)7(14)2-8(9)15/h2-4,13H,5H2,1H3,(H2,18,21). The molecule has 2 aromatic rings. The van der Waals surface area contributed by atoms with Gasteiger partial charge < -0.3 is 15.2 Å². The zero-order chi connectivity index (χ0) is 17.1. The molecule has 10 heteroatoms. The highest BCUT2D eigenvalue weighted by Crippen LogP contribution is 2.31. The van der Waals surface area contributed by atoms with E-state index in [1.807, 2.05) is 0 Å². The van der Waals surface area contributed by atoms with Crippen molar-refractivity contribution in [1.82, 2.24) is 9.78 Å². The van der Waals surface area contributed by atoms with Crippen LogP contribution in [0.2, 0.25) is 5.02 Å². The summed E-state index contributed by atoms with van der Waals surface area (Å²) in [5, 5.41) is 3.81. The summed E-state index contributed by atoms with van der Waals surface area (Å²) in [6.45, 7) is -2.06. The summed E-state index contributed by atoms with van der Waals surface area (Å²) in [7, 11) is 0. The molecule has 0 atom stereocenters. The lowest BCUT2D eigenvalue weighted by Gasteiger charge is -2.10. The van der Waals surface area contributed by atoms with Crippen molar-refractivity contribution < 1.29 is 27.4 Å². The first-order valence-corrected chi connectivity index (χ1v) is 6.57. The predicted molar refractivity (Wildman–Crippen MR) is 74.6 cm³/mol. The Labute approximate surface area is 133 Å². The number of amides is 1. The molecule has 0 aliphatic carbocycles. The zero-order valence-electron chi connectivity index (χ0n) is 11.7. The fraction of sp³-hybridized carbons (Fsp3) is 0.231. The third kappa shape index (κ3) is 4.07. The first kappa shape index (κ1) is 16.9. The average Bonchev–Trinajstić information content (AvgIpc) is 2.78. The molecule has 0 saturated carbocycles. The van der Waals surface area contributed by atoms with E-state index >= 15 is 0 Å². The molecule has 6 nitrogen and oxygen atoms in total. The van der Waals surface area contributed by atoms with Crippen LogP contribution in [0.3, 0.4) is 0 Å². The van der Waals surface area contributed by atoms with Gasteiger partial charge in [0.15, 0.2) is 18.2 Å². The van der Waals surface area contributed by atoms with Crippen LogP contribution in [0.1, 0.15) is 5.69 Å². The van der Waals surface area contributed by atoms with Crippen LogP contribution in [0.4, 0.5) is 13.2 Å². The first-order valence-electron chi connectivity index (χ1n) is 6.19. The first-order chi connectivity index (χ1) is 10.8. The molecule has 0 spiro atoms. The molecule has 23 heavy (non-hydrogen) atoms. The van der Waals surface area contributed by atoms with E-state index in [-0.39, 0.29) is 27.9 Å². The van der Waals surface area contributed by atoms with Crippen LogP contribution in [-0.2, 0) is 4.79 Å². The minimum atomic E-state index is -3.03. The maximum absolute atomic E-state index is 14.0. The van der Waals surface area contributed by atoms with Crippen LogP contribution in [0, 0.1) is 12.7 Å². The lowest BCUT2D eigenvalue weighted by Crippen LogP contribution is -2.20. The third-order valence-corrected chi connectivity index (χ3v) is 2.98. The fourth-order valence-corrected chi connectivity index (χ4v) is 1.94. The highest BCUT2D eigenvalue weighted by Gasteiger charge is 2.17. The molecular weight excluding hydrogens is 339 g/mol. The average molecular weight is 350 g/mol. The van der Waals surface area contributed by atoms with Gasteiger partial charge in [-0.15, -0.1) is 0 Å². The van der Waals surface area contributed by atoms with Crippen molar-refractivity contribution in [1.29, 1.82) is 0 Å². The van der Waals surface area contributed by atoms with Gasteiger partial charge in [0.25, 0.3) is 5.91 Å². The Kier molecular flexibility index (Phi) is 4.99. The second-order valence-electron chi connectivity index (χ2n) is 4.39. The quantitative estimate of drug-likeness (QED) is 0.868. The van der Waals surface area contributed by atoms with E-state index in [9.17, 15) is 18.0 Å². The molecule has 0 saturated heterocycles. The molecule has 0 aliphatic rings. The number of nitrogens with two attached hydrogens (primary N) is 1. The van der Waals surface area contributed by atoms with Crippen molar-refractivity contribution >= 4 is 17.5 Å². The van der Waals surface area contributed by atoms with Gasteiger partial charge in [-0.1, -0.05) is 11.6 Å². The Morgan fingerprint density at radius 1 is 1.43 bits per heavy atom. The lowest BCUT2D eigenvalue weighted by molar-refractivity contribution is -0.119. The minimum absolute atomic E-state index is 0.00801. The van der Waals surface area contributed by atoms with Gasteiger partial charge in [0.05, 0.1) is 11.2 Å². The smallest absolute Gasteiger partial charge is 0.387 e. The minimum Gasteiger partial charge on any atom is -0.482 e. The van der Waals surface area contributed by atoms with Gasteiger partial charge in [-0.3, -0.25) is 4.79 Å². The fourth-order valence-electron chi connectivity index (χ4n) is 1.73. The summed E-state index contributed by atoms with van der Waals surface area (Å²) in [4.78, 5) is 10.7. The maximum atomic E-state index is 14.0. The molecular formula is C13H11ClF3N3O3.